The van der Waals surface area contributed by atoms with E-state index in [0.29, 0.717) is 23.4 Å². The van der Waals surface area contributed by atoms with Gasteiger partial charge in [0.15, 0.2) is 5.82 Å². The Kier molecular flexibility index (Phi) is 4.24. The third-order valence-corrected chi connectivity index (χ3v) is 6.21. The normalized spacial score (nSPS) is 20.7. The van der Waals surface area contributed by atoms with Crippen LogP contribution in [-0.2, 0) is 0 Å². The van der Waals surface area contributed by atoms with Crippen LogP contribution in [0.1, 0.15) is 18.4 Å². The first-order valence-corrected chi connectivity index (χ1v) is 10.1. The molecule has 5 rings (SSSR count). The second-order valence-electron chi connectivity index (χ2n) is 7.66. The third kappa shape index (κ3) is 2.71. The highest BCUT2D eigenvalue weighted by atomic mass is 35.5. The second kappa shape index (κ2) is 6.86. The van der Waals surface area contributed by atoms with Crippen LogP contribution in [0.3, 0.4) is 0 Å². The molecule has 2 aromatic carbocycles. The number of allylic oxidation sites excluding steroid dienone is 1. The number of hydrogen-bond donors (Lipinski definition) is 2. The summed E-state index contributed by atoms with van der Waals surface area (Å²) in [4.78, 5) is 17.9. The van der Waals surface area contributed by atoms with Crippen LogP contribution in [0.4, 0.5) is 0 Å². The number of halogens is 1. The zero-order valence-corrected chi connectivity index (χ0v) is 17.2. The first-order valence-electron chi connectivity index (χ1n) is 9.71. The lowest BCUT2D eigenvalue weighted by atomic mass is 9.86. The molecule has 3 aromatic rings. The van der Waals surface area contributed by atoms with Crippen molar-refractivity contribution < 1.29 is 4.92 Å². The fourth-order valence-corrected chi connectivity index (χ4v) is 4.73. The van der Waals surface area contributed by atoms with Crippen molar-refractivity contribution >= 4 is 33.3 Å². The molecule has 1 aromatic heterocycles. The molecule has 8 nitrogen and oxygen atoms in total. The highest BCUT2D eigenvalue weighted by molar-refractivity contribution is 6.31. The number of hydrogen-bond acceptors (Lipinski definition) is 7. The van der Waals surface area contributed by atoms with Gasteiger partial charge in [0.05, 0.1) is 28.1 Å². The van der Waals surface area contributed by atoms with E-state index in [2.05, 4.69) is 16.4 Å². The minimum absolute atomic E-state index is 0.0924. The lowest BCUT2D eigenvalue weighted by molar-refractivity contribution is -0.432. The lowest BCUT2D eigenvalue weighted by Crippen LogP contribution is -2.38. The molecule has 0 radical (unpaired) electrons. The van der Waals surface area contributed by atoms with Gasteiger partial charge in [-0.05, 0) is 18.4 Å². The Morgan fingerprint density at radius 2 is 2.06 bits per heavy atom. The zero-order valence-electron chi connectivity index (χ0n) is 16.5. The summed E-state index contributed by atoms with van der Waals surface area (Å²) < 4.78 is 0. The molecular weight excluding hydrogens is 416 g/mol. The molecule has 154 valence electrons. The van der Waals surface area contributed by atoms with Gasteiger partial charge in [-0.15, -0.1) is 0 Å². The molecule has 31 heavy (non-hydrogen) atoms. The number of aromatic nitrogens is 1. The lowest BCUT2D eigenvalue weighted by Gasteiger charge is -2.31. The number of nitrogens with two attached hydrogens (primary N) is 1. The second-order valence-corrected chi connectivity index (χ2v) is 8.02. The Hall–Kier alpha value is -3.83. The molecule has 2 unspecified atom stereocenters. The Morgan fingerprint density at radius 3 is 2.81 bits per heavy atom. The van der Waals surface area contributed by atoms with E-state index in [-0.39, 0.29) is 28.3 Å². The maximum Gasteiger partial charge on any atom is 0.299 e. The van der Waals surface area contributed by atoms with Gasteiger partial charge in [-0.3, -0.25) is 10.1 Å². The van der Waals surface area contributed by atoms with E-state index < -0.39 is 10.8 Å². The van der Waals surface area contributed by atoms with Gasteiger partial charge in [-0.1, -0.05) is 48.0 Å². The monoisotopic (exact) mass is 432 g/mol. The molecule has 0 aliphatic carbocycles. The van der Waals surface area contributed by atoms with Crippen LogP contribution in [0.15, 0.2) is 65.4 Å². The summed E-state index contributed by atoms with van der Waals surface area (Å²) >= 11 is 6.59. The van der Waals surface area contributed by atoms with Gasteiger partial charge in [0.1, 0.15) is 16.9 Å². The fourth-order valence-electron chi connectivity index (χ4n) is 4.49. The molecule has 2 aliphatic rings. The Balaban J connectivity index is 1.80. The molecule has 0 bridgehead atoms. The highest BCUT2D eigenvalue weighted by Gasteiger charge is 2.47. The molecule has 3 N–H and O–H groups in total. The van der Waals surface area contributed by atoms with Crippen LogP contribution < -0.4 is 11.1 Å². The Morgan fingerprint density at radius 1 is 1.32 bits per heavy atom. The van der Waals surface area contributed by atoms with E-state index in [0.717, 1.165) is 16.2 Å². The smallest absolute Gasteiger partial charge is 0.299 e. The minimum Gasteiger partial charge on any atom is -0.384 e. The number of nitriles is 1. The van der Waals surface area contributed by atoms with Crippen molar-refractivity contribution in [1.29, 1.82) is 5.26 Å². The molecule has 0 saturated carbocycles. The molecule has 2 atom stereocenters. The van der Waals surface area contributed by atoms with E-state index in [1.165, 1.54) is 0 Å². The minimum atomic E-state index is -1.03. The summed E-state index contributed by atoms with van der Waals surface area (Å²) in [6, 6.07) is 15.4. The van der Waals surface area contributed by atoms with Gasteiger partial charge in [0.2, 0.25) is 0 Å². The first kappa shape index (κ1) is 19.2. The average Bonchev–Trinajstić information content (AvgIpc) is 3.14. The van der Waals surface area contributed by atoms with Crippen LogP contribution in [-0.4, -0.2) is 27.4 Å². The van der Waals surface area contributed by atoms with Gasteiger partial charge in [-0.2, -0.15) is 5.26 Å². The zero-order chi connectivity index (χ0) is 21.9. The quantitative estimate of drug-likeness (QED) is 0.275. The van der Waals surface area contributed by atoms with Crippen LogP contribution in [0, 0.1) is 21.4 Å². The summed E-state index contributed by atoms with van der Waals surface area (Å²) in [5.41, 5.74) is 7.33. The largest absolute Gasteiger partial charge is 0.384 e. The fraction of sp³-hybridized carbons (Fsp3) is 0.182. The van der Waals surface area contributed by atoms with E-state index in [9.17, 15) is 15.4 Å². The van der Waals surface area contributed by atoms with Crippen LogP contribution in [0.5, 0.6) is 0 Å². The summed E-state index contributed by atoms with van der Waals surface area (Å²) in [6.45, 7) is 2.36. The van der Waals surface area contributed by atoms with Crippen molar-refractivity contribution in [3.63, 3.8) is 0 Å². The number of nitro groups is 1. The van der Waals surface area contributed by atoms with Gasteiger partial charge in [0.25, 0.3) is 5.70 Å². The van der Waals surface area contributed by atoms with Gasteiger partial charge >= 0.3 is 0 Å². The molecule has 0 spiro atoms. The predicted molar refractivity (Wildman–Crippen MR) is 117 cm³/mol. The van der Waals surface area contributed by atoms with E-state index in [1.807, 2.05) is 43.3 Å². The van der Waals surface area contributed by atoms with Crippen LogP contribution in [0.25, 0.3) is 21.7 Å². The molecule has 0 amide bonds. The first-order chi connectivity index (χ1) is 14.9. The maximum absolute atomic E-state index is 12.1. The third-order valence-electron chi connectivity index (χ3n) is 5.91. The molecule has 1 fully saturated rings. The van der Waals surface area contributed by atoms with Crippen molar-refractivity contribution in [2.24, 2.45) is 5.73 Å². The van der Waals surface area contributed by atoms with Crippen molar-refractivity contribution in [1.82, 2.24) is 15.2 Å². The number of fused-ring (bicyclic) bond motifs is 4. The number of benzene rings is 2. The van der Waals surface area contributed by atoms with Crippen LogP contribution in [0.2, 0.25) is 5.15 Å². The summed E-state index contributed by atoms with van der Waals surface area (Å²) in [5.74, 6) is -0.533. The number of pyridine rings is 1. The number of rotatable bonds is 2. The van der Waals surface area contributed by atoms with E-state index in [4.69, 9.17) is 17.3 Å². The average molecular weight is 433 g/mol. The van der Waals surface area contributed by atoms with Crippen molar-refractivity contribution in [2.45, 2.75) is 18.9 Å². The van der Waals surface area contributed by atoms with Gasteiger partial charge in [0, 0.05) is 22.9 Å². The highest BCUT2D eigenvalue weighted by Crippen LogP contribution is 2.44. The molecule has 1 saturated heterocycles. The topological polar surface area (TPSA) is 121 Å². The summed E-state index contributed by atoms with van der Waals surface area (Å²) in [7, 11) is 0. The molecular formula is C22H17ClN6O2. The maximum atomic E-state index is 12.1. The van der Waals surface area contributed by atoms with E-state index in [1.54, 1.807) is 11.0 Å². The van der Waals surface area contributed by atoms with Crippen molar-refractivity contribution in [2.75, 3.05) is 6.54 Å². The summed E-state index contributed by atoms with van der Waals surface area (Å²) in [6.07, 6.45) is 0. The summed E-state index contributed by atoms with van der Waals surface area (Å²) in [5, 5.41) is 27.9. The number of nitrogens with one attached hydrogen (secondary N) is 1. The molecule has 3 heterocycles. The Labute approximate surface area is 182 Å². The van der Waals surface area contributed by atoms with E-state index >= 15 is 0 Å². The van der Waals surface area contributed by atoms with Crippen molar-refractivity contribution in [3.8, 4) is 6.07 Å². The SMILES string of the molecule is CC1CNC2=C([N+](=O)[O-])C(c3cc4ccc5ccccc5c4nc3Cl)C(C#N)=C(N)N21. The van der Waals surface area contributed by atoms with Gasteiger partial charge in [-0.25, -0.2) is 4.98 Å². The van der Waals surface area contributed by atoms with Crippen LogP contribution >= 0.6 is 11.6 Å². The Bertz CT molecular complexity index is 1390. The molecule has 9 heteroatoms. The van der Waals surface area contributed by atoms with Gasteiger partial charge < -0.3 is 16.0 Å². The number of nitrogens with zero attached hydrogens (tertiary/aromatic N) is 4. The predicted octanol–water partition coefficient (Wildman–Crippen LogP) is 3.57. The standard InChI is InChI=1S/C22H17ClN6O2/c1-11-10-26-22-19(29(30)31)17(16(9-24)21(25)28(11)22)15-8-13-7-6-12-4-2-3-5-14(12)18(13)27-20(15)23/h2-8,11,17,26H,10,25H2,1H3. The van der Waals surface area contributed by atoms with Crippen molar-refractivity contribution in [3.05, 3.63) is 86.2 Å². The molecule has 2 aliphatic heterocycles.